The maximum absolute atomic E-state index is 14.0. The lowest BCUT2D eigenvalue weighted by molar-refractivity contribution is -0.198. The van der Waals surface area contributed by atoms with Crippen LogP contribution in [0.2, 0.25) is 0 Å². The smallest absolute Gasteiger partial charge is 0.414 e. The van der Waals surface area contributed by atoms with Crippen molar-refractivity contribution in [1.29, 1.82) is 0 Å². The molecular formula is C45H49N7O10S. The van der Waals surface area contributed by atoms with E-state index in [1.165, 1.54) is 30.6 Å². The summed E-state index contributed by atoms with van der Waals surface area (Å²) in [6, 6.07) is 18.1. The number of aromatic nitrogens is 1. The van der Waals surface area contributed by atoms with Crippen LogP contribution in [0.3, 0.4) is 0 Å². The fourth-order valence-electron chi connectivity index (χ4n) is 8.18. The molecule has 6 N–H and O–H groups in total. The standard InChI is InChI=1S/C45H49N7O10S/c1-50-25-30(22-34(50)41(54)49-29-15-16-37-26(20-29)21-38(63-37)42(55)48-28-13-11-27(46)12-14-28)47-39(53)9-7-19-60-36-24-33-31(23-35(36)59-2)43(56)51-17-5-3-8-32(51)44(52(33)45(57)58)62-40-10-4-6-18-61-40/h11-16,20-25,32,40,44H,3-10,17-19,46H2,1-2H3,(H,47,53)(H,48,55)(H,49,54)(H,57,58)/t32-,40?,44?/m0/s1. The number of rotatable bonds is 13. The van der Waals surface area contributed by atoms with Gasteiger partial charge in [-0.3, -0.25) is 19.2 Å². The van der Waals surface area contributed by atoms with Crippen molar-refractivity contribution in [3.05, 3.63) is 89.1 Å². The molecule has 8 rings (SSSR count). The number of piperidine rings is 1. The molecule has 3 aromatic carbocycles. The number of benzene rings is 3. The Balaban J connectivity index is 0.882. The van der Waals surface area contributed by atoms with Crippen LogP contribution < -0.4 is 36.1 Å². The number of carbonyl (C=O) groups excluding carboxylic acids is 4. The van der Waals surface area contributed by atoms with Gasteiger partial charge in [0, 0.05) is 60.6 Å². The van der Waals surface area contributed by atoms with Crippen molar-refractivity contribution in [2.45, 2.75) is 69.9 Å². The molecule has 0 radical (unpaired) electrons. The number of carbonyl (C=O) groups is 5. The number of hydrogen-bond acceptors (Lipinski definition) is 11. The van der Waals surface area contributed by atoms with Gasteiger partial charge in [-0.15, -0.1) is 11.3 Å². The summed E-state index contributed by atoms with van der Waals surface area (Å²) in [6.07, 6.45) is 3.69. The number of carboxylic acid groups (broad SMARTS) is 1. The molecule has 17 nitrogen and oxygen atoms in total. The number of amides is 5. The van der Waals surface area contributed by atoms with Gasteiger partial charge in [0.15, 0.2) is 24.0 Å². The Labute approximate surface area is 367 Å². The molecule has 5 aromatic rings. The third-order valence-electron chi connectivity index (χ3n) is 11.3. The highest BCUT2D eigenvalue weighted by molar-refractivity contribution is 7.20. The number of nitrogens with zero attached hydrogens (tertiary/aromatic N) is 3. The van der Waals surface area contributed by atoms with E-state index in [1.54, 1.807) is 71.2 Å². The number of thiophene rings is 1. The monoisotopic (exact) mass is 879 g/mol. The fourth-order valence-corrected chi connectivity index (χ4v) is 9.12. The SMILES string of the molecule is COc1cc2c(cc1OCCCC(=O)Nc1cc(C(=O)Nc3ccc4sc(C(=O)Nc5ccc(N)cc5)cc4c3)n(C)c1)N(C(=O)O)C(OC1CCCCO1)[C@@H]1CCCCN1C2=O. The van der Waals surface area contributed by atoms with Crippen molar-refractivity contribution in [2.75, 3.05) is 53.5 Å². The number of anilines is 5. The van der Waals surface area contributed by atoms with Crippen LogP contribution >= 0.6 is 11.3 Å². The molecule has 2 saturated heterocycles. The quantitative estimate of drug-likeness (QED) is 0.0577. The predicted octanol–water partition coefficient (Wildman–Crippen LogP) is 7.49. The molecule has 0 saturated carbocycles. The van der Waals surface area contributed by atoms with E-state index in [0.717, 1.165) is 40.7 Å². The van der Waals surface area contributed by atoms with Crippen LogP contribution in [0.4, 0.5) is 33.2 Å². The minimum atomic E-state index is -1.28. The molecule has 0 spiro atoms. The van der Waals surface area contributed by atoms with Crippen molar-refractivity contribution >= 4 is 79.6 Å². The highest BCUT2D eigenvalue weighted by Crippen LogP contribution is 2.42. The minimum Gasteiger partial charge on any atom is -0.493 e. The maximum atomic E-state index is 14.0. The number of ether oxygens (including phenoxy) is 4. The Morgan fingerprint density at radius 3 is 2.43 bits per heavy atom. The molecule has 3 atom stereocenters. The summed E-state index contributed by atoms with van der Waals surface area (Å²) in [6.45, 7) is 1.05. The van der Waals surface area contributed by atoms with Crippen LogP contribution in [0.5, 0.6) is 11.5 Å². The molecule has 2 aromatic heterocycles. The Hall–Kier alpha value is -6.63. The first-order valence-electron chi connectivity index (χ1n) is 20.9. The molecule has 0 aliphatic carbocycles. The summed E-state index contributed by atoms with van der Waals surface area (Å²) in [7, 11) is 3.14. The third-order valence-corrected chi connectivity index (χ3v) is 12.4. The molecular weight excluding hydrogens is 831 g/mol. The van der Waals surface area contributed by atoms with Gasteiger partial charge < -0.3 is 55.2 Å². The van der Waals surface area contributed by atoms with Gasteiger partial charge in [0.05, 0.1) is 41.6 Å². The van der Waals surface area contributed by atoms with Gasteiger partial charge in [-0.2, -0.15) is 0 Å². The van der Waals surface area contributed by atoms with E-state index >= 15 is 0 Å². The Bertz CT molecular complexity index is 2530. The molecule has 330 valence electrons. The topological polar surface area (TPSA) is 216 Å². The summed E-state index contributed by atoms with van der Waals surface area (Å²) in [4.78, 5) is 69.7. The first-order valence-corrected chi connectivity index (χ1v) is 21.7. The van der Waals surface area contributed by atoms with Crippen molar-refractivity contribution in [2.24, 2.45) is 7.05 Å². The lowest BCUT2D eigenvalue weighted by Gasteiger charge is -2.42. The van der Waals surface area contributed by atoms with Crippen molar-refractivity contribution in [1.82, 2.24) is 9.47 Å². The average Bonchev–Trinajstić information content (AvgIpc) is 3.86. The summed E-state index contributed by atoms with van der Waals surface area (Å²) >= 11 is 1.34. The third kappa shape index (κ3) is 9.57. The van der Waals surface area contributed by atoms with Crippen molar-refractivity contribution in [3.63, 3.8) is 0 Å². The van der Waals surface area contributed by atoms with Gasteiger partial charge in [0.25, 0.3) is 17.7 Å². The minimum absolute atomic E-state index is 0.0675. The van der Waals surface area contributed by atoms with Crippen LogP contribution in [0.1, 0.15) is 81.9 Å². The van der Waals surface area contributed by atoms with E-state index in [4.69, 9.17) is 24.7 Å². The number of fused-ring (bicyclic) bond motifs is 3. The normalized spacial score (nSPS) is 18.5. The molecule has 2 unspecified atom stereocenters. The fraction of sp³-hybridized carbons (Fsp3) is 0.356. The molecule has 2 fully saturated rings. The van der Waals surface area contributed by atoms with Gasteiger partial charge in [-0.25, -0.2) is 9.69 Å². The Morgan fingerprint density at radius 2 is 1.67 bits per heavy atom. The van der Waals surface area contributed by atoms with Crippen LogP contribution in [0, 0.1) is 0 Å². The first kappa shape index (κ1) is 43.0. The maximum Gasteiger partial charge on any atom is 0.414 e. The summed E-state index contributed by atoms with van der Waals surface area (Å²) in [5.74, 6) is -0.818. The molecule has 18 heteroatoms. The van der Waals surface area contributed by atoms with E-state index < -0.39 is 30.6 Å². The molecule has 5 heterocycles. The van der Waals surface area contributed by atoms with Crippen LogP contribution in [0.25, 0.3) is 10.1 Å². The van der Waals surface area contributed by atoms with E-state index in [2.05, 4.69) is 16.0 Å². The zero-order chi connectivity index (χ0) is 44.2. The second-order valence-corrected chi connectivity index (χ2v) is 16.8. The van der Waals surface area contributed by atoms with Crippen LogP contribution in [0.15, 0.2) is 72.9 Å². The van der Waals surface area contributed by atoms with Gasteiger partial charge >= 0.3 is 6.09 Å². The first-order chi connectivity index (χ1) is 30.4. The second-order valence-electron chi connectivity index (χ2n) is 15.7. The van der Waals surface area contributed by atoms with Gasteiger partial charge in [0.2, 0.25) is 5.91 Å². The number of aryl methyl sites for hydroxylation is 1. The Kier molecular flexibility index (Phi) is 12.8. The zero-order valence-electron chi connectivity index (χ0n) is 34.9. The molecule has 3 aliphatic heterocycles. The number of nitrogen functional groups attached to an aromatic ring is 1. The lowest BCUT2D eigenvalue weighted by Crippen LogP contribution is -2.57. The molecule has 63 heavy (non-hydrogen) atoms. The molecule has 0 bridgehead atoms. The number of hydrogen-bond donors (Lipinski definition) is 5. The number of nitrogens with one attached hydrogen (secondary N) is 3. The number of methoxy groups -OCH3 is 1. The summed E-state index contributed by atoms with van der Waals surface area (Å²) in [5.41, 5.74) is 8.52. The number of nitrogens with two attached hydrogens (primary N) is 1. The van der Waals surface area contributed by atoms with Crippen LogP contribution in [-0.2, 0) is 21.3 Å². The van der Waals surface area contributed by atoms with Crippen molar-refractivity contribution < 1.29 is 48.0 Å². The van der Waals surface area contributed by atoms with Gasteiger partial charge in [-0.05, 0) is 111 Å². The molecule has 3 aliphatic rings. The van der Waals surface area contributed by atoms with Gasteiger partial charge in [0.1, 0.15) is 5.69 Å². The zero-order valence-corrected chi connectivity index (χ0v) is 35.7. The largest absolute Gasteiger partial charge is 0.493 e. The van der Waals surface area contributed by atoms with E-state index in [1.807, 2.05) is 6.07 Å². The predicted molar refractivity (Wildman–Crippen MR) is 238 cm³/mol. The summed E-state index contributed by atoms with van der Waals surface area (Å²) < 4.78 is 26.4. The van der Waals surface area contributed by atoms with Crippen LogP contribution in [-0.4, -0.2) is 89.7 Å². The summed E-state index contributed by atoms with van der Waals surface area (Å²) in [5, 5.41) is 20.0. The highest BCUT2D eigenvalue weighted by atomic mass is 32.1. The van der Waals surface area contributed by atoms with E-state index in [0.29, 0.717) is 59.3 Å². The Morgan fingerprint density at radius 1 is 0.889 bits per heavy atom. The van der Waals surface area contributed by atoms with Gasteiger partial charge in [-0.1, -0.05) is 0 Å². The second kappa shape index (κ2) is 18.8. The highest BCUT2D eigenvalue weighted by Gasteiger charge is 2.46. The molecule has 5 amide bonds. The van der Waals surface area contributed by atoms with E-state index in [9.17, 15) is 29.1 Å². The van der Waals surface area contributed by atoms with E-state index in [-0.39, 0.29) is 59.9 Å². The van der Waals surface area contributed by atoms with Crippen molar-refractivity contribution in [3.8, 4) is 11.5 Å². The lowest BCUT2D eigenvalue weighted by atomic mass is 10.00. The average molecular weight is 880 g/mol.